The molecule has 0 bridgehead atoms. The van der Waals surface area contributed by atoms with Gasteiger partial charge in [0.25, 0.3) is 0 Å². The predicted octanol–water partition coefficient (Wildman–Crippen LogP) is 3.77. The van der Waals surface area contributed by atoms with Crippen LogP contribution in [0.1, 0.15) is 5.56 Å². The quantitative estimate of drug-likeness (QED) is 0.727. The molecule has 0 radical (unpaired) electrons. The van der Waals surface area contributed by atoms with Gasteiger partial charge in [0.2, 0.25) is 0 Å². The van der Waals surface area contributed by atoms with Gasteiger partial charge >= 0.3 is 0 Å². The summed E-state index contributed by atoms with van der Waals surface area (Å²) in [7, 11) is 0. The summed E-state index contributed by atoms with van der Waals surface area (Å²) < 4.78 is 26.5. The van der Waals surface area contributed by atoms with E-state index in [1.807, 2.05) is 0 Å². The van der Waals surface area contributed by atoms with Crippen molar-refractivity contribution in [1.29, 1.82) is 0 Å². The molecular weight excluding hydrogens is 232 g/mol. The SMILES string of the molecule is Fc1cnc(-c2ccccc2F)c(CCl)c1. The van der Waals surface area contributed by atoms with Crippen molar-refractivity contribution >= 4 is 11.6 Å². The number of benzene rings is 1. The Morgan fingerprint density at radius 1 is 1.19 bits per heavy atom. The molecule has 16 heavy (non-hydrogen) atoms. The average Bonchev–Trinajstić information content (AvgIpc) is 2.30. The van der Waals surface area contributed by atoms with Crippen LogP contribution in [0.5, 0.6) is 0 Å². The lowest BCUT2D eigenvalue weighted by molar-refractivity contribution is 0.617. The highest BCUT2D eigenvalue weighted by Gasteiger charge is 2.11. The number of nitrogens with zero attached hydrogens (tertiary/aromatic N) is 1. The van der Waals surface area contributed by atoms with Gasteiger partial charge in [-0.2, -0.15) is 0 Å². The molecule has 0 aliphatic heterocycles. The smallest absolute Gasteiger partial charge is 0.141 e. The maximum atomic E-state index is 13.5. The van der Waals surface area contributed by atoms with Crippen LogP contribution in [-0.2, 0) is 5.88 Å². The topological polar surface area (TPSA) is 12.9 Å². The Labute approximate surface area is 96.7 Å². The second-order valence-corrected chi connectivity index (χ2v) is 3.54. The summed E-state index contributed by atoms with van der Waals surface area (Å²) in [5, 5.41) is 0. The van der Waals surface area contributed by atoms with Crippen LogP contribution < -0.4 is 0 Å². The van der Waals surface area contributed by atoms with Gasteiger partial charge in [0.1, 0.15) is 11.6 Å². The molecular formula is C12H8ClF2N. The lowest BCUT2D eigenvalue weighted by Crippen LogP contribution is -1.94. The lowest BCUT2D eigenvalue weighted by atomic mass is 10.1. The van der Waals surface area contributed by atoms with Crippen LogP contribution in [0.3, 0.4) is 0 Å². The van der Waals surface area contributed by atoms with Gasteiger partial charge in [0.15, 0.2) is 0 Å². The van der Waals surface area contributed by atoms with Gasteiger partial charge in [-0.15, -0.1) is 11.6 Å². The second-order valence-electron chi connectivity index (χ2n) is 3.27. The van der Waals surface area contributed by atoms with E-state index in [0.717, 1.165) is 6.20 Å². The number of hydrogen-bond acceptors (Lipinski definition) is 1. The number of halogens is 3. The van der Waals surface area contributed by atoms with Crippen LogP contribution in [0.2, 0.25) is 0 Å². The number of pyridine rings is 1. The van der Waals surface area contributed by atoms with Crippen molar-refractivity contribution < 1.29 is 8.78 Å². The van der Waals surface area contributed by atoms with E-state index < -0.39 is 11.6 Å². The highest BCUT2D eigenvalue weighted by atomic mass is 35.5. The molecule has 0 saturated heterocycles. The van der Waals surface area contributed by atoms with Gasteiger partial charge in [-0.05, 0) is 23.8 Å². The van der Waals surface area contributed by atoms with E-state index in [9.17, 15) is 8.78 Å². The zero-order valence-corrected chi connectivity index (χ0v) is 9.01. The first-order chi connectivity index (χ1) is 7.72. The zero-order chi connectivity index (χ0) is 11.5. The first kappa shape index (κ1) is 11.0. The molecule has 1 aromatic heterocycles. The Morgan fingerprint density at radius 2 is 1.94 bits per heavy atom. The fourth-order valence-corrected chi connectivity index (χ4v) is 1.68. The van der Waals surface area contributed by atoms with E-state index in [1.165, 1.54) is 12.1 Å². The molecule has 1 aromatic carbocycles. The Kier molecular flexibility index (Phi) is 3.15. The molecule has 2 aromatic rings. The lowest BCUT2D eigenvalue weighted by Gasteiger charge is -2.07. The molecule has 0 atom stereocenters. The Balaban J connectivity index is 2.60. The third-order valence-corrected chi connectivity index (χ3v) is 2.49. The molecule has 0 saturated carbocycles. The zero-order valence-electron chi connectivity index (χ0n) is 8.25. The van der Waals surface area contributed by atoms with Crippen LogP contribution in [0.15, 0.2) is 36.5 Å². The van der Waals surface area contributed by atoms with Crippen LogP contribution in [0.4, 0.5) is 8.78 Å². The van der Waals surface area contributed by atoms with Crippen molar-refractivity contribution in [2.75, 3.05) is 0 Å². The minimum absolute atomic E-state index is 0.0917. The normalized spacial score (nSPS) is 10.4. The standard InChI is InChI=1S/C12H8ClF2N/c13-6-8-5-9(14)7-16-12(8)10-3-1-2-4-11(10)15/h1-5,7H,6H2. The van der Waals surface area contributed by atoms with Gasteiger partial charge in [0, 0.05) is 11.4 Å². The molecule has 2 rings (SSSR count). The van der Waals surface area contributed by atoms with Gasteiger partial charge in [-0.25, -0.2) is 8.78 Å². The molecule has 4 heteroatoms. The highest BCUT2D eigenvalue weighted by Crippen LogP contribution is 2.25. The molecule has 0 N–H and O–H groups in total. The number of alkyl halides is 1. The molecule has 0 spiro atoms. The van der Waals surface area contributed by atoms with E-state index in [0.29, 0.717) is 16.8 Å². The third-order valence-electron chi connectivity index (χ3n) is 2.21. The van der Waals surface area contributed by atoms with E-state index in [-0.39, 0.29) is 5.88 Å². The number of aromatic nitrogens is 1. The molecule has 0 aliphatic carbocycles. The van der Waals surface area contributed by atoms with E-state index >= 15 is 0 Å². The molecule has 0 aliphatic rings. The summed E-state index contributed by atoms with van der Waals surface area (Å²) in [6.45, 7) is 0. The largest absolute Gasteiger partial charge is 0.253 e. The fourth-order valence-electron chi connectivity index (χ4n) is 1.48. The Morgan fingerprint density at radius 3 is 2.62 bits per heavy atom. The van der Waals surface area contributed by atoms with Crippen LogP contribution in [0, 0.1) is 11.6 Å². The fraction of sp³-hybridized carbons (Fsp3) is 0.0833. The number of rotatable bonds is 2. The summed E-state index contributed by atoms with van der Waals surface area (Å²) in [5.74, 6) is -0.780. The molecule has 1 heterocycles. The average molecular weight is 240 g/mol. The van der Waals surface area contributed by atoms with Crippen molar-refractivity contribution in [1.82, 2.24) is 4.98 Å². The van der Waals surface area contributed by atoms with Crippen LogP contribution in [0.25, 0.3) is 11.3 Å². The second kappa shape index (κ2) is 4.58. The Bertz CT molecular complexity index is 514. The predicted molar refractivity (Wildman–Crippen MR) is 59.1 cm³/mol. The van der Waals surface area contributed by atoms with Crippen molar-refractivity contribution in [3.63, 3.8) is 0 Å². The number of hydrogen-bond donors (Lipinski definition) is 0. The van der Waals surface area contributed by atoms with Crippen molar-refractivity contribution in [2.45, 2.75) is 5.88 Å². The van der Waals surface area contributed by atoms with E-state index in [4.69, 9.17) is 11.6 Å². The van der Waals surface area contributed by atoms with E-state index in [1.54, 1.807) is 18.2 Å². The van der Waals surface area contributed by atoms with Gasteiger partial charge in [0.05, 0.1) is 11.9 Å². The maximum Gasteiger partial charge on any atom is 0.141 e. The van der Waals surface area contributed by atoms with Crippen molar-refractivity contribution in [3.8, 4) is 11.3 Å². The summed E-state index contributed by atoms with van der Waals surface area (Å²) >= 11 is 5.68. The van der Waals surface area contributed by atoms with Crippen molar-refractivity contribution in [2.24, 2.45) is 0 Å². The molecule has 0 fully saturated rings. The van der Waals surface area contributed by atoms with Gasteiger partial charge < -0.3 is 0 Å². The first-order valence-electron chi connectivity index (χ1n) is 4.67. The van der Waals surface area contributed by atoms with Gasteiger partial charge in [-0.3, -0.25) is 4.98 Å². The summed E-state index contributed by atoms with van der Waals surface area (Å²) in [5.41, 5.74) is 1.19. The maximum absolute atomic E-state index is 13.5. The van der Waals surface area contributed by atoms with Gasteiger partial charge in [-0.1, -0.05) is 12.1 Å². The first-order valence-corrected chi connectivity index (χ1v) is 5.21. The van der Waals surface area contributed by atoms with E-state index in [2.05, 4.69) is 4.98 Å². The van der Waals surface area contributed by atoms with Crippen LogP contribution >= 0.6 is 11.6 Å². The third kappa shape index (κ3) is 2.04. The minimum Gasteiger partial charge on any atom is -0.253 e. The summed E-state index contributed by atoms with van der Waals surface area (Å²) in [6.07, 6.45) is 1.05. The Hall–Kier alpha value is -1.48. The summed E-state index contributed by atoms with van der Waals surface area (Å²) in [6, 6.07) is 7.47. The molecule has 0 amide bonds. The summed E-state index contributed by atoms with van der Waals surface area (Å²) in [4.78, 5) is 3.88. The monoisotopic (exact) mass is 239 g/mol. The van der Waals surface area contributed by atoms with Crippen molar-refractivity contribution in [3.05, 3.63) is 53.7 Å². The molecule has 82 valence electrons. The highest BCUT2D eigenvalue weighted by molar-refractivity contribution is 6.17. The van der Waals surface area contributed by atoms with Crippen LogP contribution in [-0.4, -0.2) is 4.98 Å². The molecule has 1 nitrogen and oxygen atoms in total. The molecule has 0 unspecified atom stereocenters. The minimum atomic E-state index is -0.476.